The number of ether oxygens (including phenoxy) is 1. The van der Waals surface area contributed by atoms with E-state index in [1.54, 1.807) is 12.1 Å². The number of aliphatic hydroxyl groups is 1. The molecule has 1 fully saturated rings. The van der Waals surface area contributed by atoms with Crippen LogP contribution < -0.4 is 32.2 Å². The van der Waals surface area contributed by atoms with Gasteiger partial charge in [0.05, 0.1) is 31.2 Å². The quantitative estimate of drug-likeness (QED) is 0.201. The van der Waals surface area contributed by atoms with Gasteiger partial charge in [0.2, 0.25) is 29.5 Å². The average Bonchev–Trinajstić information content (AvgIpc) is 3.40. The number of carbonyl (C=O) groups excluding carboxylic acids is 5. The van der Waals surface area contributed by atoms with E-state index >= 15 is 0 Å². The fourth-order valence-electron chi connectivity index (χ4n) is 5.33. The minimum absolute atomic E-state index is 0.0572. The summed E-state index contributed by atoms with van der Waals surface area (Å²) in [6.07, 6.45) is 1.09. The predicted molar refractivity (Wildman–Crippen MR) is 154 cm³/mol. The minimum atomic E-state index is -1.21. The van der Waals surface area contributed by atoms with Crippen molar-refractivity contribution in [2.75, 3.05) is 19.7 Å². The van der Waals surface area contributed by atoms with Gasteiger partial charge in [-0.3, -0.25) is 28.9 Å². The molecule has 0 spiro atoms. The number of β-amino-alcohol motifs (C(OH)–C–C–N with tert-alkyl or cyclic N) is 1. The Balaban J connectivity index is 1.80. The Hall–Kier alpha value is -3.71. The van der Waals surface area contributed by atoms with E-state index in [4.69, 9.17) is 16.2 Å². The van der Waals surface area contributed by atoms with Crippen LogP contribution in [0.3, 0.4) is 0 Å². The van der Waals surface area contributed by atoms with Gasteiger partial charge in [0.25, 0.3) is 0 Å². The zero-order valence-electron chi connectivity index (χ0n) is 24.3. The van der Waals surface area contributed by atoms with E-state index in [1.807, 2.05) is 30.9 Å². The lowest BCUT2D eigenvalue weighted by Crippen LogP contribution is -2.57. The van der Waals surface area contributed by atoms with Crippen LogP contribution in [0.25, 0.3) is 0 Å². The van der Waals surface area contributed by atoms with Crippen LogP contribution in [-0.4, -0.2) is 89.5 Å². The van der Waals surface area contributed by atoms with Crippen molar-refractivity contribution >= 4 is 29.5 Å². The smallest absolute Gasteiger partial charge is 0.243 e. The minimum Gasteiger partial charge on any atom is -0.494 e. The number of primary amides is 2. The van der Waals surface area contributed by atoms with E-state index in [9.17, 15) is 29.1 Å². The highest BCUT2D eigenvalue weighted by atomic mass is 16.5. The van der Waals surface area contributed by atoms with Crippen LogP contribution >= 0.6 is 0 Å². The van der Waals surface area contributed by atoms with Gasteiger partial charge in [0.15, 0.2) is 0 Å². The van der Waals surface area contributed by atoms with Gasteiger partial charge in [-0.2, -0.15) is 0 Å². The molecule has 1 saturated heterocycles. The summed E-state index contributed by atoms with van der Waals surface area (Å²) in [4.78, 5) is 64.5. The molecular weight excluding hydrogens is 544 g/mol. The summed E-state index contributed by atoms with van der Waals surface area (Å²) >= 11 is 0. The normalized spacial score (nSPS) is 24.2. The third kappa shape index (κ3) is 9.41. The van der Waals surface area contributed by atoms with Crippen molar-refractivity contribution in [2.24, 2.45) is 17.4 Å². The second-order valence-electron chi connectivity index (χ2n) is 11.2. The number of hydrogen-bond donors (Lipinski definition) is 6. The van der Waals surface area contributed by atoms with Gasteiger partial charge in [-0.15, -0.1) is 0 Å². The maximum atomic E-state index is 13.3. The first kappa shape index (κ1) is 32.8. The third-order valence-electron chi connectivity index (χ3n) is 7.95. The zero-order chi connectivity index (χ0) is 30.8. The van der Waals surface area contributed by atoms with Crippen LogP contribution in [0.2, 0.25) is 0 Å². The number of rotatable bonds is 10. The molecule has 232 valence electrons. The fraction of sp³-hybridized carbons (Fsp3) is 0.621. The fourth-order valence-corrected chi connectivity index (χ4v) is 5.33. The topological polar surface area (TPSA) is 206 Å². The highest BCUT2D eigenvalue weighted by Gasteiger charge is 2.37. The highest BCUT2D eigenvalue weighted by Crippen LogP contribution is 2.21. The van der Waals surface area contributed by atoms with Gasteiger partial charge in [0, 0.05) is 13.0 Å². The molecule has 5 amide bonds. The monoisotopic (exact) mass is 588 g/mol. The number of benzene rings is 1. The molecule has 2 bridgehead atoms. The van der Waals surface area contributed by atoms with E-state index in [0.29, 0.717) is 44.6 Å². The number of nitrogens with two attached hydrogens (primary N) is 2. The first-order valence-corrected chi connectivity index (χ1v) is 14.6. The second-order valence-corrected chi connectivity index (χ2v) is 11.2. The Morgan fingerprint density at radius 1 is 1.14 bits per heavy atom. The molecule has 0 aliphatic carbocycles. The molecule has 0 unspecified atom stereocenters. The number of nitrogens with one attached hydrogen (secondary N) is 3. The molecule has 8 N–H and O–H groups in total. The maximum Gasteiger partial charge on any atom is 0.243 e. The lowest BCUT2D eigenvalue weighted by molar-refractivity contribution is -0.132. The molecule has 13 heteroatoms. The van der Waals surface area contributed by atoms with E-state index < -0.39 is 60.3 Å². The van der Waals surface area contributed by atoms with Crippen LogP contribution in [0.15, 0.2) is 24.3 Å². The molecule has 42 heavy (non-hydrogen) atoms. The van der Waals surface area contributed by atoms with Crippen molar-refractivity contribution in [1.82, 2.24) is 20.9 Å². The molecule has 0 radical (unpaired) electrons. The number of carbonyl (C=O) groups is 5. The maximum absolute atomic E-state index is 13.3. The van der Waals surface area contributed by atoms with Crippen LogP contribution in [0.4, 0.5) is 0 Å². The summed E-state index contributed by atoms with van der Waals surface area (Å²) in [5.41, 5.74) is 11.7. The zero-order valence-corrected chi connectivity index (χ0v) is 24.3. The van der Waals surface area contributed by atoms with Crippen LogP contribution in [0, 0.1) is 5.92 Å². The summed E-state index contributed by atoms with van der Waals surface area (Å²) in [7, 11) is 0. The SMILES string of the molecule is CC[C@H](C)[C@H](NC(=O)[C@@H]1CCCN1C[C@H](O)[C@@H]1Cc2ccc(cc2)OCCCC(=O)N[C@@H](CC(N)=O)C(=O)N1)C(N)=O. The van der Waals surface area contributed by atoms with Crippen molar-refractivity contribution < 1.29 is 33.8 Å². The lowest BCUT2D eigenvalue weighted by atomic mass is 9.98. The number of fused-ring (bicyclic) bond motifs is 12. The van der Waals surface area contributed by atoms with Gasteiger partial charge < -0.3 is 37.3 Å². The van der Waals surface area contributed by atoms with Crippen molar-refractivity contribution in [3.8, 4) is 5.75 Å². The van der Waals surface area contributed by atoms with Gasteiger partial charge in [0.1, 0.15) is 17.8 Å². The number of aliphatic hydroxyl groups excluding tert-OH is 1. The molecule has 1 aromatic rings. The Morgan fingerprint density at radius 3 is 2.50 bits per heavy atom. The van der Waals surface area contributed by atoms with Gasteiger partial charge >= 0.3 is 0 Å². The van der Waals surface area contributed by atoms with Crippen LogP contribution in [0.1, 0.15) is 57.9 Å². The van der Waals surface area contributed by atoms with Crippen LogP contribution in [-0.2, 0) is 30.4 Å². The Labute approximate surface area is 246 Å². The molecule has 0 saturated carbocycles. The summed E-state index contributed by atoms with van der Waals surface area (Å²) < 4.78 is 5.70. The number of hydrogen-bond acceptors (Lipinski definition) is 8. The van der Waals surface area contributed by atoms with Crippen LogP contribution in [0.5, 0.6) is 5.75 Å². The van der Waals surface area contributed by atoms with Gasteiger partial charge in [-0.05, 0) is 55.8 Å². The second kappa shape index (κ2) is 15.5. The lowest BCUT2D eigenvalue weighted by Gasteiger charge is -2.32. The summed E-state index contributed by atoms with van der Waals surface area (Å²) in [5, 5.41) is 19.6. The first-order chi connectivity index (χ1) is 20.0. The van der Waals surface area contributed by atoms with Crippen molar-refractivity contribution in [3.05, 3.63) is 29.8 Å². The summed E-state index contributed by atoms with van der Waals surface area (Å²) in [6, 6.07) is 3.79. The average molecular weight is 589 g/mol. The van der Waals surface area contributed by atoms with E-state index in [0.717, 1.165) is 5.56 Å². The van der Waals surface area contributed by atoms with Crippen molar-refractivity contribution in [2.45, 2.75) is 89.1 Å². The molecule has 3 aliphatic rings. The molecule has 3 aliphatic heterocycles. The van der Waals surface area contributed by atoms with Gasteiger partial charge in [-0.25, -0.2) is 0 Å². The Bertz CT molecular complexity index is 1110. The van der Waals surface area contributed by atoms with E-state index in [2.05, 4.69) is 16.0 Å². The number of amides is 5. The van der Waals surface area contributed by atoms with Gasteiger partial charge in [-0.1, -0.05) is 32.4 Å². The standard InChI is InChI=1S/C29H44N6O7/c1-3-17(2)26(27(31)39)34-29(41)22-6-4-12-35(22)16-23(36)20-14-18-8-10-19(11-9-18)42-13-5-7-25(38)32-21(15-24(30)37)28(40)33-20/h8-11,17,20-23,26,36H,3-7,12-16H2,1-2H3,(H2,30,37)(H2,31,39)(H,32,38)(H,33,40)(H,34,41)/t17-,20-,21-,22-,23-,26-/m0/s1. The number of likely N-dealkylation sites (tertiary alicyclic amines) is 1. The Morgan fingerprint density at radius 2 is 1.86 bits per heavy atom. The van der Waals surface area contributed by atoms with Crippen molar-refractivity contribution in [1.29, 1.82) is 0 Å². The summed E-state index contributed by atoms with van der Waals surface area (Å²) in [5.74, 6) is -2.30. The van der Waals surface area contributed by atoms with E-state index in [-0.39, 0.29) is 31.2 Å². The molecule has 1 aromatic carbocycles. The first-order valence-electron chi connectivity index (χ1n) is 14.6. The largest absolute Gasteiger partial charge is 0.494 e. The molecule has 0 aromatic heterocycles. The van der Waals surface area contributed by atoms with E-state index in [1.165, 1.54) is 0 Å². The number of nitrogens with zero attached hydrogens (tertiary/aromatic N) is 1. The third-order valence-corrected chi connectivity index (χ3v) is 7.95. The molecule has 3 heterocycles. The predicted octanol–water partition coefficient (Wildman–Crippen LogP) is -0.912. The molecule has 6 atom stereocenters. The highest BCUT2D eigenvalue weighted by molar-refractivity contribution is 5.92. The van der Waals surface area contributed by atoms with Crippen molar-refractivity contribution in [3.63, 3.8) is 0 Å². The summed E-state index contributed by atoms with van der Waals surface area (Å²) in [6.45, 7) is 4.64. The molecule has 13 nitrogen and oxygen atoms in total. The molecule has 4 rings (SSSR count). The Kier molecular flexibility index (Phi) is 12.1. The molecular formula is C29H44N6O7.